The second-order valence-corrected chi connectivity index (χ2v) is 6.69. The van der Waals surface area contributed by atoms with Gasteiger partial charge >= 0.3 is 5.97 Å². The Balaban J connectivity index is 2.08. The van der Waals surface area contributed by atoms with Gasteiger partial charge in [-0.3, -0.25) is 4.79 Å². The van der Waals surface area contributed by atoms with Gasteiger partial charge in [0.25, 0.3) is 0 Å². The maximum Gasteiger partial charge on any atom is 0.307 e. The van der Waals surface area contributed by atoms with Gasteiger partial charge in [0.1, 0.15) is 17.2 Å². The highest BCUT2D eigenvalue weighted by molar-refractivity contribution is 7.88. The number of rotatable bonds is 4. The van der Waals surface area contributed by atoms with Crippen LogP contribution in [0.5, 0.6) is 0 Å². The largest absolute Gasteiger partial charge is 0.481 e. The molecule has 0 aliphatic carbocycles. The maximum atomic E-state index is 12.2. The lowest BCUT2D eigenvalue weighted by Gasteiger charge is -2.29. The fraction of sp³-hybridized carbons (Fsp3) is 0.636. The number of aryl methyl sites for hydroxylation is 1. The zero-order valence-electron chi connectivity index (χ0n) is 10.6. The Bertz CT molecular complexity index is 565. The van der Waals surface area contributed by atoms with Gasteiger partial charge in [-0.15, -0.1) is 0 Å². The van der Waals surface area contributed by atoms with Gasteiger partial charge < -0.3 is 9.63 Å². The summed E-state index contributed by atoms with van der Waals surface area (Å²) in [7, 11) is -3.54. The first-order valence-electron chi connectivity index (χ1n) is 6.01. The molecule has 0 unspecified atom stereocenters. The molecular weight excluding hydrogens is 272 g/mol. The van der Waals surface area contributed by atoms with Gasteiger partial charge in [-0.1, -0.05) is 5.16 Å². The van der Waals surface area contributed by atoms with Crippen LogP contribution in [-0.2, 0) is 20.6 Å². The van der Waals surface area contributed by atoms with Gasteiger partial charge in [-0.2, -0.15) is 0 Å². The average molecular weight is 288 g/mol. The van der Waals surface area contributed by atoms with E-state index in [9.17, 15) is 13.2 Å². The smallest absolute Gasteiger partial charge is 0.307 e. The minimum absolute atomic E-state index is 0.0362. The fourth-order valence-corrected chi connectivity index (χ4v) is 3.67. The topological polar surface area (TPSA) is 101 Å². The molecule has 1 aromatic rings. The van der Waals surface area contributed by atoms with Gasteiger partial charge in [0.2, 0.25) is 10.0 Å². The van der Waals surface area contributed by atoms with Crippen LogP contribution in [-0.4, -0.2) is 42.0 Å². The number of carboxylic acids is 1. The summed E-state index contributed by atoms with van der Waals surface area (Å²) in [6.07, 6.45) is 1.08. The molecule has 106 valence electrons. The van der Waals surface area contributed by atoms with Gasteiger partial charge in [0, 0.05) is 19.2 Å². The Morgan fingerprint density at radius 1 is 1.63 bits per heavy atom. The van der Waals surface area contributed by atoms with Crippen LogP contribution < -0.4 is 0 Å². The molecule has 1 aliphatic rings. The van der Waals surface area contributed by atoms with E-state index in [0.717, 1.165) is 0 Å². The third kappa shape index (κ3) is 3.32. The van der Waals surface area contributed by atoms with Crippen molar-refractivity contribution in [2.45, 2.75) is 25.5 Å². The molecule has 1 aromatic heterocycles. The summed E-state index contributed by atoms with van der Waals surface area (Å²) >= 11 is 0. The molecule has 0 radical (unpaired) electrons. The molecule has 19 heavy (non-hydrogen) atoms. The Morgan fingerprint density at radius 2 is 2.37 bits per heavy atom. The zero-order chi connectivity index (χ0) is 14.0. The molecule has 7 nitrogen and oxygen atoms in total. The van der Waals surface area contributed by atoms with Crippen LogP contribution in [0.2, 0.25) is 0 Å². The third-order valence-corrected chi connectivity index (χ3v) is 4.91. The second-order valence-electron chi connectivity index (χ2n) is 4.72. The van der Waals surface area contributed by atoms with E-state index in [-0.39, 0.29) is 12.3 Å². The Hall–Kier alpha value is -1.41. The molecule has 2 rings (SSSR count). The van der Waals surface area contributed by atoms with E-state index in [1.165, 1.54) is 4.31 Å². The summed E-state index contributed by atoms with van der Waals surface area (Å²) in [5.74, 6) is -1.27. The maximum absolute atomic E-state index is 12.2. The van der Waals surface area contributed by atoms with E-state index in [4.69, 9.17) is 9.63 Å². The molecule has 1 N–H and O–H groups in total. The predicted molar refractivity (Wildman–Crippen MR) is 65.8 cm³/mol. The van der Waals surface area contributed by atoms with Crippen molar-refractivity contribution in [2.75, 3.05) is 13.1 Å². The standard InChI is InChI=1S/C11H16N2O5S/c1-8-5-10(12-18-8)7-19(16,17)13-4-2-3-9(6-13)11(14)15/h5,9H,2-4,6-7H2,1H3,(H,14,15)/t9-/m1/s1. The quantitative estimate of drug-likeness (QED) is 0.871. The summed E-state index contributed by atoms with van der Waals surface area (Å²) in [6.45, 7) is 2.09. The van der Waals surface area contributed by atoms with E-state index < -0.39 is 21.9 Å². The van der Waals surface area contributed by atoms with Gasteiger partial charge in [-0.05, 0) is 19.8 Å². The zero-order valence-corrected chi connectivity index (χ0v) is 11.4. The van der Waals surface area contributed by atoms with Crippen molar-refractivity contribution >= 4 is 16.0 Å². The number of piperidine rings is 1. The highest BCUT2D eigenvalue weighted by Gasteiger charge is 2.32. The molecule has 1 atom stereocenters. The van der Waals surface area contributed by atoms with E-state index in [2.05, 4.69) is 5.16 Å². The normalized spacial score (nSPS) is 21.4. The molecule has 1 aliphatic heterocycles. The van der Waals surface area contributed by atoms with Crippen molar-refractivity contribution in [1.82, 2.24) is 9.46 Å². The molecule has 2 heterocycles. The molecule has 0 spiro atoms. The van der Waals surface area contributed by atoms with E-state index >= 15 is 0 Å². The lowest BCUT2D eigenvalue weighted by Crippen LogP contribution is -2.42. The van der Waals surface area contributed by atoms with Crippen LogP contribution >= 0.6 is 0 Å². The molecule has 8 heteroatoms. The fourth-order valence-electron chi connectivity index (χ4n) is 2.16. The molecule has 0 saturated carbocycles. The number of sulfonamides is 1. The second kappa shape index (κ2) is 5.30. The summed E-state index contributed by atoms with van der Waals surface area (Å²) < 4.78 is 30.4. The number of aliphatic carboxylic acids is 1. The Labute approximate surface area is 111 Å². The number of hydrogen-bond acceptors (Lipinski definition) is 5. The van der Waals surface area contributed by atoms with Gasteiger partial charge in [-0.25, -0.2) is 12.7 Å². The lowest BCUT2D eigenvalue weighted by atomic mass is 10.0. The molecule has 0 aromatic carbocycles. The molecule has 1 fully saturated rings. The molecule has 0 bridgehead atoms. The first-order valence-corrected chi connectivity index (χ1v) is 7.62. The van der Waals surface area contributed by atoms with Crippen molar-refractivity contribution in [3.05, 3.63) is 17.5 Å². The number of carbonyl (C=O) groups is 1. The first kappa shape index (κ1) is 14.0. The predicted octanol–water partition coefficient (Wildman–Crippen LogP) is 0.609. The van der Waals surface area contributed by atoms with Crippen molar-refractivity contribution in [1.29, 1.82) is 0 Å². The minimum Gasteiger partial charge on any atom is -0.481 e. The van der Waals surface area contributed by atoms with Crippen LogP contribution in [0, 0.1) is 12.8 Å². The highest BCUT2D eigenvalue weighted by atomic mass is 32.2. The Morgan fingerprint density at radius 3 is 2.95 bits per heavy atom. The van der Waals surface area contributed by atoms with Crippen LogP contribution in [0.4, 0.5) is 0 Å². The van der Waals surface area contributed by atoms with Gasteiger partial charge in [0.15, 0.2) is 0 Å². The summed E-state index contributed by atoms with van der Waals surface area (Å²) in [6, 6.07) is 1.57. The van der Waals surface area contributed by atoms with E-state index in [1.54, 1.807) is 13.0 Å². The summed E-state index contributed by atoms with van der Waals surface area (Å²) in [5.41, 5.74) is 0.343. The van der Waals surface area contributed by atoms with Gasteiger partial charge in [0.05, 0.1) is 5.92 Å². The van der Waals surface area contributed by atoms with Crippen molar-refractivity contribution in [3.63, 3.8) is 0 Å². The minimum atomic E-state index is -3.54. The molecule has 1 saturated heterocycles. The number of nitrogens with zero attached hydrogens (tertiary/aromatic N) is 2. The monoisotopic (exact) mass is 288 g/mol. The van der Waals surface area contributed by atoms with Crippen LogP contribution in [0.25, 0.3) is 0 Å². The average Bonchev–Trinajstić information content (AvgIpc) is 2.74. The molecule has 0 amide bonds. The van der Waals surface area contributed by atoms with E-state index in [1.807, 2.05) is 0 Å². The molecular formula is C11H16N2O5S. The number of hydrogen-bond donors (Lipinski definition) is 1. The van der Waals surface area contributed by atoms with Crippen LogP contribution in [0.15, 0.2) is 10.6 Å². The van der Waals surface area contributed by atoms with Crippen molar-refractivity contribution < 1.29 is 22.8 Å². The van der Waals surface area contributed by atoms with E-state index in [0.29, 0.717) is 30.8 Å². The first-order chi connectivity index (χ1) is 8.88. The van der Waals surface area contributed by atoms with Crippen LogP contribution in [0.1, 0.15) is 24.3 Å². The number of aromatic nitrogens is 1. The summed E-state index contributed by atoms with van der Waals surface area (Å²) in [5, 5.41) is 12.6. The third-order valence-electron chi connectivity index (χ3n) is 3.13. The Kier molecular flexibility index (Phi) is 3.91. The number of carboxylic acid groups (broad SMARTS) is 1. The SMILES string of the molecule is Cc1cc(CS(=O)(=O)N2CCC[C@@H](C(=O)O)C2)no1. The van der Waals surface area contributed by atoms with Crippen molar-refractivity contribution in [3.8, 4) is 0 Å². The highest BCUT2D eigenvalue weighted by Crippen LogP contribution is 2.21. The van der Waals surface area contributed by atoms with Crippen molar-refractivity contribution in [2.24, 2.45) is 5.92 Å². The lowest BCUT2D eigenvalue weighted by molar-refractivity contribution is -0.142. The van der Waals surface area contributed by atoms with Crippen LogP contribution in [0.3, 0.4) is 0 Å². The summed E-state index contributed by atoms with van der Waals surface area (Å²) in [4.78, 5) is 10.9.